The van der Waals surface area contributed by atoms with E-state index in [1.165, 1.54) is 33.4 Å². The van der Waals surface area contributed by atoms with Crippen LogP contribution in [0.3, 0.4) is 0 Å². The third-order valence-corrected chi connectivity index (χ3v) is 7.94. The quantitative estimate of drug-likeness (QED) is 0.299. The monoisotopic (exact) mass is 506 g/mol. The molecule has 6 heteroatoms. The van der Waals surface area contributed by atoms with E-state index >= 15 is 0 Å². The lowest BCUT2D eigenvalue weighted by Gasteiger charge is -2.22. The second-order valence-electron chi connectivity index (χ2n) is 8.29. The molecule has 1 aromatic heterocycles. The molecule has 2 unspecified atom stereocenters. The van der Waals surface area contributed by atoms with E-state index in [0.717, 1.165) is 28.3 Å². The number of carboxylic acid groups (broad SMARTS) is 1. The van der Waals surface area contributed by atoms with Gasteiger partial charge in [-0.05, 0) is 79.1 Å². The molecule has 1 heterocycles. The van der Waals surface area contributed by atoms with Crippen molar-refractivity contribution in [3.05, 3.63) is 94.0 Å². The number of thiazole rings is 1. The second kappa shape index (κ2) is 12.9. The molecule has 2 N–H and O–H groups in total. The third-order valence-electron chi connectivity index (χ3n) is 5.90. The van der Waals surface area contributed by atoms with Crippen LogP contribution < -0.4 is 4.72 Å². The van der Waals surface area contributed by atoms with Crippen molar-refractivity contribution in [1.29, 1.82) is 0 Å². The minimum absolute atomic E-state index is 0.00614. The van der Waals surface area contributed by atoms with Gasteiger partial charge in [-0.15, -0.1) is 11.3 Å². The Balaban J connectivity index is 0.00000167. The molecule has 4 rings (SSSR count). The number of benzene rings is 2. The third kappa shape index (κ3) is 6.94. The number of nitrogens with zero attached hydrogens (tertiary/aromatic N) is 1. The van der Waals surface area contributed by atoms with Crippen molar-refractivity contribution < 1.29 is 9.90 Å². The zero-order valence-corrected chi connectivity index (χ0v) is 22.7. The summed E-state index contributed by atoms with van der Waals surface area (Å²) in [6.07, 6.45) is 8.69. The highest BCUT2D eigenvalue weighted by Gasteiger charge is 2.20. The molecule has 0 fully saturated rings. The van der Waals surface area contributed by atoms with Crippen LogP contribution in [0.15, 0.2) is 88.4 Å². The van der Waals surface area contributed by atoms with E-state index in [2.05, 4.69) is 49.8 Å². The first-order chi connectivity index (χ1) is 16.9. The Bertz CT molecular complexity index is 1220. The van der Waals surface area contributed by atoms with Crippen molar-refractivity contribution in [2.75, 3.05) is 0 Å². The lowest BCUT2D eigenvalue weighted by molar-refractivity contribution is 0.0696. The van der Waals surface area contributed by atoms with Gasteiger partial charge < -0.3 is 5.11 Å². The summed E-state index contributed by atoms with van der Waals surface area (Å²) >= 11 is 3.16. The van der Waals surface area contributed by atoms with E-state index in [9.17, 15) is 9.90 Å². The molecular weight excluding hydrogens is 472 g/mol. The number of nitrogens with one attached hydrogen (secondary N) is 1. The first-order valence-corrected chi connectivity index (χ1v) is 13.8. The average molecular weight is 507 g/mol. The molecule has 0 radical (unpaired) electrons. The number of hydrogen-bond donors (Lipinski definition) is 2. The van der Waals surface area contributed by atoms with Crippen LogP contribution in [-0.4, -0.2) is 16.1 Å². The largest absolute Gasteiger partial charge is 0.478 e. The zero-order chi connectivity index (χ0) is 25.4. The summed E-state index contributed by atoms with van der Waals surface area (Å²) in [7, 11) is 0. The number of rotatable bonds is 8. The minimum atomic E-state index is -0.919. The fourth-order valence-corrected chi connectivity index (χ4v) is 5.78. The first-order valence-electron chi connectivity index (χ1n) is 12.1. The fourth-order valence-electron chi connectivity index (χ4n) is 3.88. The Morgan fingerprint density at radius 2 is 1.97 bits per heavy atom. The molecular formula is C29H34N2O2S2. The molecule has 0 saturated heterocycles. The van der Waals surface area contributed by atoms with Crippen LogP contribution >= 0.6 is 23.3 Å². The maximum absolute atomic E-state index is 11.4. The lowest BCUT2D eigenvalue weighted by Crippen LogP contribution is -2.16. The molecule has 3 aromatic rings. The number of carbonyl (C=O) groups is 1. The van der Waals surface area contributed by atoms with Crippen LogP contribution in [0.2, 0.25) is 0 Å². The van der Waals surface area contributed by atoms with Crippen molar-refractivity contribution >= 4 is 39.5 Å². The molecule has 0 spiro atoms. The topological polar surface area (TPSA) is 62.2 Å². The van der Waals surface area contributed by atoms with E-state index < -0.39 is 5.97 Å². The average Bonchev–Trinajstić information content (AvgIpc) is 3.32. The molecule has 0 saturated carbocycles. The Morgan fingerprint density at radius 1 is 1.20 bits per heavy atom. The summed E-state index contributed by atoms with van der Waals surface area (Å²) in [6, 6.07) is 15.2. The molecule has 1 aliphatic rings. The molecule has 4 nitrogen and oxygen atoms in total. The van der Waals surface area contributed by atoms with Gasteiger partial charge in [-0.3, -0.25) is 0 Å². The van der Waals surface area contributed by atoms with Crippen molar-refractivity contribution in [1.82, 2.24) is 9.71 Å². The van der Waals surface area contributed by atoms with E-state index in [4.69, 9.17) is 4.98 Å². The summed E-state index contributed by atoms with van der Waals surface area (Å²) in [5.74, 6) is -0.493. The van der Waals surface area contributed by atoms with Gasteiger partial charge >= 0.3 is 5.97 Å². The number of carboxylic acids is 1. The van der Waals surface area contributed by atoms with Gasteiger partial charge in [0.1, 0.15) is 5.01 Å². The highest BCUT2D eigenvalue weighted by Crippen LogP contribution is 2.35. The normalized spacial score (nSPS) is 17.4. The molecule has 2 atom stereocenters. The summed E-state index contributed by atoms with van der Waals surface area (Å²) in [4.78, 5) is 17.1. The number of fused-ring (bicyclic) bond motifs is 1. The molecule has 35 heavy (non-hydrogen) atoms. The van der Waals surface area contributed by atoms with Crippen molar-refractivity contribution in [2.45, 2.75) is 58.4 Å². The molecule has 0 amide bonds. The van der Waals surface area contributed by atoms with Gasteiger partial charge in [0.25, 0.3) is 0 Å². The Hall–Kier alpha value is -2.67. The molecule has 2 aromatic carbocycles. The van der Waals surface area contributed by atoms with Crippen LogP contribution in [0.5, 0.6) is 0 Å². The maximum atomic E-state index is 11.4. The van der Waals surface area contributed by atoms with E-state index in [-0.39, 0.29) is 11.6 Å². The summed E-state index contributed by atoms with van der Waals surface area (Å²) < 4.78 is 4.74. The highest BCUT2D eigenvalue weighted by atomic mass is 32.2. The maximum Gasteiger partial charge on any atom is 0.335 e. The standard InChI is InChI=1S/C27H28N2O2S2.C2H6/c1-4-17(2)22-14-19(13-12-18(22)3)15-24(26-28-23-10-5-6-11-25(23)32-26)29-33-21-9-7-8-20(16-21)27(30)31;1-2/h5-14,16,18,24,29H,4,15H2,1-3H3,(H,30,31);1-2H3/b22-17-;. The number of para-hydroxylation sites is 1. The predicted octanol–water partition coefficient (Wildman–Crippen LogP) is 8.61. The van der Waals surface area contributed by atoms with Crippen molar-refractivity contribution in [3.63, 3.8) is 0 Å². The van der Waals surface area contributed by atoms with E-state index in [0.29, 0.717) is 5.92 Å². The minimum Gasteiger partial charge on any atom is -0.478 e. The first kappa shape index (κ1) is 26.9. The van der Waals surface area contributed by atoms with Crippen LogP contribution in [0.25, 0.3) is 10.2 Å². The molecule has 0 aliphatic heterocycles. The van der Waals surface area contributed by atoms with Crippen LogP contribution in [0, 0.1) is 5.92 Å². The van der Waals surface area contributed by atoms with Crippen molar-refractivity contribution in [3.8, 4) is 0 Å². The number of aromatic nitrogens is 1. The van der Waals surface area contributed by atoms with Crippen LogP contribution in [0.1, 0.15) is 68.9 Å². The van der Waals surface area contributed by atoms with Gasteiger partial charge in [-0.25, -0.2) is 14.5 Å². The smallest absolute Gasteiger partial charge is 0.335 e. The number of aromatic carboxylic acids is 1. The summed E-state index contributed by atoms with van der Waals surface area (Å²) in [5.41, 5.74) is 5.39. The van der Waals surface area contributed by atoms with Gasteiger partial charge in [0, 0.05) is 4.90 Å². The second-order valence-corrected chi connectivity index (χ2v) is 10.3. The van der Waals surface area contributed by atoms with Gasteiger partial charge in [-0.1, -0.05) is 69.7 Å². The molecule has 0 bridgehead atoms. The van der Waals surface area contributed by atoms with E-state index in [1.54, 1.807) is 29.5 Å². The van der Waals surface area contributed by atoms with E-state index in [1.807, 2.05) is 38.1 Å². The fraction of sp³-hybridized carbons (Fsp3) is 0.310. The Labute approximate surface area is 217 Å². The van der Waals surface area contributed by atoms with Gasteiger partial charge in [0.05, 0.1) is 21.8 Å². The van der Waals surface area contributed by atoms with Crippen LogP contribution in [0.4, 0.5) is 0 Å². The number of allylic oxidation sites excluding steroid dienone is 5. The molecule has 184 valence electrons. The van der Waals surface area contributed by atoms with Gasteiger partial charge in [0.15, 0.2) is 0 Å². The lowest BCUT2D eigenvalue weighted by atomic mass is 9.87. The Kier molecular flexibility index (Phi) is 9.90. The highest BCUT2D eigenvalue weighted by molar-refractivity contribution is 7.97. The SMILES string of the molecule is CC.CC/C(C)=C1/C=C(CC(NSc2cccc(C(=O)O)c2)c2nc3ccccc3s2)C=CC1C. The van der Waals surface area contributed by atoms with Gasteiger partial charge in [-0.2, -0.15) is 0 Å². The van der Waals surface area contributed by atoms with Crippen LogP contribution in [-0.2, 0) is 0 Å². The Morgan fingerprint density at radius 3 is 2.69 bits per heavy atom. The van der Waals surface area contributed by atoms with Crippen molar-refractivity contribution in [2.24, 2.45) is 5.92 Å². The summed E-state index contributed by atoms with van der Waals surface area (Å²) in [5, 5.41) is 10.3. The molecule has 1 aliphatic carbocycles. The summed E-state index contributed by atoms with van der Waals surface area (Å²) in [6.45, 7) is 10.7. The number of hydrogen-bond acceptors (Lipinski definition) is 5. The van der Waals surface area contributed by atoms with Gasteiger partial charge in [0.2, 0.25) is 0 Å². The zero-order valence-electron chi connectivity index (χ0n) is 21.0. The predicted molar refractivity (Wildman–Crippen MR) is 150 cm³/mol.